The Kier molecular flexibility index (Phi) is 4.39. The molecule has 5 nitrogen and oxygen atoms in total. The molecule has 0 unspecified atom stereocenters. The number of carbonyl (C=O) groups is 1. The van der Waals surface area contributed by atoms with Crippen molar-refractivity contribution in [1.29, 1.82) is 0 Å². The van der Waals surface area contributed by atoms with Crippen LogP contribution in [-0.4, -0.2) is 39.4 Å². The first-order chi connectivity index (χ1) is 9.13. The molecular formula is C14H20N2O3. The summed E-state index contributed by atoms with van der Waals surface area (Å²) in [7, 11) is 1.60. The Hall–Kier alpha value is -1.59. The van der Waals surface area contributed by atoms with Crippen LogP contribution in [0.1, 0.15) is 11.1 Å². The Bertz CT molecular complexity index is 474. The fraction of sp³-hybridized carbons (Fsp3) is 0.500. The van der Waals surface area contributed by atoms with E-state index in [1.165, 1.54) is 5.56 Å². The van der Waals surface area contributed by atoms with Gasteiger partial charge in [0.15, 0.2) is 0 Å². The highest BCUT2D eigenvalue weighted by Crippen LogP contribution is 2.32. The molecule has 0 spiro atoms. The number of hydrogen-bond donors (Lipinski definition) is 1. The Morgan fingerprint density at radius 1 is 1.42 bits per heavy atom. The molecule has 1 aromatic carbocycles. The van der Waals surface area contributed by atoms with Gasteiger partial charge in [0, 0.05) is 25.0 Å². The molecule has 1 aliphatic heterocycles. The first-order valence-corrected chi connectivity index (χ1v) is 6.39. The van der Waals surface area contributed by atoms with E-state index in [-0.39, 0.29) is 12.5 Å². The minimum Gasteiger partial charge on any atom is -0.398 e. The summed E-state index contributed by atoms with van der Waals surface area (Å²) < 4.78 is 10.1. The van der Waals surface area contributed by atoms with Crippen LogP contribution in [0.15, 0.2) is 12.1 Å². The second-order valence-corrected chi connectivity index (χ2v) is 4.68. The predicted molar refractivity (Wildman–Crippen MR) is 74.3 cm³/mol. The smallest absolute Gasteiger partial charge is 0.252 e. The fourth-order valence-corrected chi connectivity index (χ4v) is 2.22. The number of rotatable bonds is 5. The number of methoxy groups -OCH3 is 1. The maximum Gasteiger partial charge on any atom is 0.252 e. The number of amides is 1. The lowest BCUT2D eigenvalue weighted by atomic mass is 10.1. The molecule has 1 aliphatic rings. The zero-order valence-corrected chi connectivity index (χ0v) is 11.4. The van der Waals surface area contributed by atoms with Gasteiger partial charge in [-0.05, 0) is 30.5 Å². The molecule has 0 bridgehead atoms. The van der Waals surface area contributed by atoms with E-state index in [1.807, 2.05) is 13.0 Å². The molecule has 1 amide bonds. The van der Waals surface area contributed by atoms with Crippen LogP contribution in [0.2, 0.25) is 0 Å². The van der Waals surface area contributed by atoms with Crippen molar-refractivity contribution in [3.05, 3.63) is 23.3 Å². The zero-order valence-electron chi connectivity index (χ0n) is 11.4. The zero-order chi connectivity index (χ0) is 13.8. The summed E-state index contributed by atoms with van der Waals surface area (Å²) in [5.41, 5.74) is 9.79. The van der Waals surface area contributed by atoms with Gasteiger partial charge < -0.3 is 20.1 Å². The average Bonchev–Trinajstić information content (AvgIpc) is 2.78. The molecule has 0 saturated heterocycles. The van der Waals surface area contributed by atoms with E-state index in [9.17, 15) is 4.79 Å². The van der Waals surface area contributed by atoms with Gasteiger partial charge in [-0.2, -0.15) is 0 Å². The van der Waals surface area contributed by atoms with E-state index < -0.39 is 0 Å². The molecule has 0 aliphatic carbocycles. The monoisotopic (exact) mass is 264 g/mol. The van der Waals surface area contributed by atoms with Crippen molar-refractivity contribution < 1.29 is 14.3 Å². The molecule has 2 N–H and O–H groups in total. The van der Waals surface area contributed by atoms with Crippen molar-refractivity contribution >= 4 is 17.3 Å². The van der Waals surface area contributed by atoms with Crippen LogP contribution in [0.25, 0.3) is 0 Å². The highest BCUT2D eigenvalue weighted by molar-refractivity contribution is 5.97. The third-order valence-corrected chi connectivity index (χ3v) is 3.32. The SMILES string of the molecule is COCCOCC(=O)N1CCc2cc(C)c(N)cc21. The Morgan fingerprint density at radius 3 is 2.95 bits per heavy atom. The van der Waals surface area contributed by atoms with Crippen LogP contribution in [0.4, 0.5) is 11.4 Å². The van der Waals surface area contributed by atoms with Gasteiger partial charge in [-0.1, -0.05) is 6.07 Å². The summed E-state index contributed by atoms with van der Waals surface area (Å²) >= 11 is 0. The van der Waals surface area contributed by atoms with Crippen molar-refractivity contribution in [3.8, 4) is 0 Å². The molecule has 0 saturated carbocycles. The fourth-order valence-electron chi connectivity index (χ4n) is 2.22. The van der Waals surface area contributed by atoms with E-state index in [4.69, 9.17) is 15.2 Å². The third-order valence-electron chi connectivity index (χ3n) is 3.32. The lowest BCUT2D eigenvalue weighted by Gasteiger charge is -2.18. The molecule has 2 rings (SSSR count). The van der Waals surface area contributed by atoms with Gasteiger partial charge in [-0.15, -0.1) is 0 Å². The maximum atomic E-state index is 12.1. The number of aryl methyl sites for hydroxylation is 1. The third kappa shape index (κ3) is 3.05. The van der Waals surface area contributed by atoms with Gasteiger partial charge in [0.25, 0.3) is 5.91 Å². The van der Waals surface area contributed by atoms with Crippen LogP contribution >= 0.6 is 0 Å². The summed E-state index contributed by atoms with van der Waals surface area (Å²) in [4.78, 5) is 13.8. The number of hydrogen-bond acceptors (Lipinski definition) is 4. The number of nitrogens with zero attached hydrogens (tertiary/aromatic N) is 1. The quantitative estimate of drug-likeness (QED) is 0.639. The van der Waals surface area contributed by atoms with Gasteiger partial charge >= 0.3 is 0 Å². The number of nitrogen functional groups attached to an aromatic ring is 1. The van der Waals surface area contributed by atoms with Gasteiger partial charge in [0.1, 0.15) is 6.61 Å². The largest absolute Gasteiger partial charge is 0.398 e. The number of benzene rings is 1. The first kappa shape index (κ1) is 13.8. The molecule has 0 aromatic heterocycles. The van der Waals surface area contributed by atoms with Crippen LogP contribution < -0.4 is 10.6 Å². The minimum absolute atomic E-state index is 0.0295. The molecule has 5 heteroatoms. The maximum absolute atomic E-state index is 12.1. The summed E-state index contributed by atoms with van der Waals surface area (Å²) in [5, 5.41) is 0. The number of nitrogens with two attached hydrogens (primary N) is 1. The van der Waals surface area contributed by atoms with E-state index in [0.29, 0.717) is 19.8 Å². The average molecular weight is 264 g/mol. The van der Waals surface area contributed by atoms with E-state index in [0.717, 1.165) is 23.4 Å². The van der Waals surface area contributed by atoms with Crippen LogP contribution in [0.5, 0.6) is 0 Å². The number of ether oxygens (including phenoxy) is 2. The second-order valence-electron chi connectivity index (χ2n) is 4.68. The lowest BCUT2D eigenvalue weighted by Crippen LogP contribution is -2.32. The molecule has 104 valence electrons. The van der Waals surface area contributed by atoms with Crippen molar-refractivity contribution in [1.82, 2.24) is 0 Å². The summed E-state index contributed by atoms with van der Waals surface area (Å²) in [5.74, 6) is -0.0295. The topological polar surface area (TPSA) is 64.8 Å². The Morgan fingerprint density at radius 2 is 2.21 bits per heavy atom. The van der Waals surface area contributed by atoms with Crippen molar-refractivity contribution in [2.45, 2.75) is 13.3 Å². The highest BCUT2D eigenvalue weighted by Gasteiger charge is 2.25. The lowest BCUT2D eigenvalue weighted by molar-refractivity contribution is -0.123. The minimum atomic E-state index is -0.0295. The van der Waals surface area contributed by atoms with Crippen LogP contribution in [0, 0.1) is 6.92 Å². The predicted octanol–water partition coefficient (Wildman–Crippen LogP) is 1.13. The molecule has 0 fully saturated rings. The molecule has 19 heavy (non-hydrogen) atoms. The number of anilines is 2. The van der Waals surface area contributed by atoms with Crippen LogP contribution in [0.3, 0.4) is 0 Å². The van der Waals surface area contributed by atoms with Crippen molar-refractivity contribution in [2.75, 3.05) is 44.1 Å². The second kappa shape index (κ2) is 6.04. The summed E-state index contributed by atoms with van der Waals surface area (Å²) in [6.45, 7) is 3.68. The van der Waals surface area contributed by atoms with E-state index in [1.54, 1.807) is 12.0 Å². The van der Waals surface area contributed by atoms with Gasteiger partial charge in [-0.3, -0.25) is 4.79 Å². The molecule has 1 aromatic rings. The number of carbonyl (C=O) groups excluding carboxylic acids is 1. The van der Waals surface area contributed by atoms with Gasteiger partial charge in [0.05, 0.1) is 13.2 Å². The van der Waals surface area contributed by atoms with Crippen molar-refractivity contribution in [2.24, 2.45) is 0 Å². The Balaban J connectivity index is 2.01. The Labute approximate surface area is 113 Å². The number of fused-ring (bicyclic) bond motifs is 1. The van der Waals surface area contributed by atoms with Crippen molar-refractivity contribution in [3.63, 3.8) is 0 Å². The molecule has 1 heterocycles. The van der Waals surface area contributed by atoms with Gasteiger partial charge in [0.2, 0.25) is 0 Å². The molecule has 0 atom stereocenters. The van der Waals surface area contributed by atoms with Crippen LogP contribution in [-0.2, 0) is 20.7 Å². The van der Waals surface area contributed by atoms with E-state index in [2.05, 4.69) is 6.07 Å². The summed E-state index contributed by atoms with van der Waals surface area (Å²) in [6.07, 6.45) is 0.875. The first-order valence-electron chi connectivity index (χ1n) is 6.39. The van der Waals surface area contributed by atoms with E-state index >= 15 is 0 Å². The highest BCUT2D eigenvalue weighted by atomic mass is 16.5. The standard InChI is InChI=1S/C14H20N2O3/c1-10-7-11-3-4-16(13(11)8-12(10)15)14(17)9-19-6-5-18-2/h7-8H,3-6,9,15H2,1-2H3. The van der Waals surface area contributed by atoms with Gasteiger partial charge in [-0.25, -0.2) is 0 Å². The normalized spacial score (nSPS) is 13.7. The molecular weight excluding hydrogens is 244 g/mol. The summed E-state index contributed by atoms with van der Waals surface area (Å²) in [6, 6.07) is 3.94. The molecule has 0 radical (unpaired) electrons.